The number of nitrogens with one attached hydrogen (secondary N) is 5. The molecule has 0 radical (unpaired) electrons. The molecule has 15 nitrogen and oxygen atoms in total. The molecule has 0 bridgehead atoms. The van der Waals surface area contributed by atoms with Crippen molar-refractivity contribution in [2.45, 2.75) is 149 Å². The Morgan fingerprint density at radius 1 is 0.875 bits per heavy atom. The van der Waals surface area contributed by atoms with Gasteiger partial charge in [0.15, 0.2) is 5.78 Å². The van der Waals surface area contributed by atoms with Gasteiger partial charge in [-0.15, -0.1) is 0 Å². The lowest BCUT2D eigenvalue weighted by Gasteiger charge is -2.32. The molecule has 1 aliphatic rings. The molecular weight excluding hydrogens is 790 g/mol. The van der Waals surface area contributed by atoms with Crippen molar-refractivity contribution >= 4 is 57.3 Å². The first-order chi connectivity index (χ1) is 25.9. The number of amides is 4. The van der Waals surface area contributed by atoms with Crippen LogP contribution >= 0.6 is 15.9 Å². The summed E-state index contributed by atoms with van der Waals surface area (Å²) in [5.74, 6) is -5.18. The van der Waals surface area contributed by atoms with Gasteiger partial charge in [0.1, 0.15) is 23.7 Å². The van der Waals surface area contributed by atoms with Crippen molar-refractivity contribution in [3.63, 3.8) is 0 Å². The standard InChI is InChI=1S/C40H62BrN5O10/c1-22(2)17-26(19-31(47)25-14-15-28(41)27(18-25)21-43-35(50)29-13-12-16-42-29)34(49)45-30(20-32(48)56-40(8,9)10)36(51)46-33(24(4)55-39(5,6)7)37(52)44-23(3)38(53)54-11/h14-15,18,22-24,26,29-30,33,42H,12-13,16-17,19-21H2,1-11H3,(H,43,50)(H,44,52)(H,45,49)(H,46,51)/t23-,24+,26+,29-,30-,33-/m0/s1. The second-order valence-corrected chi connectivity index (χ2v) is 17.5. The van der Waals surface area contributed by atoms with Crippen molar-refractivity contribution in [1.82, 2.24) is 26.6 Å². The predicted octanol–water partition coefficient (Wildman–Crippen LogP) is 3.64. The molecule has 0 unspecified atom stereocenters. The average Bonchev–Trinajstić information content (AvgIpc) is 3.62. The normalized spacial score (nSPS) is 17.1. The van der Waals surface area contributed by atoms with Gasteiger partial charge in [0.2, 0.25) is 23.6 Å². The maximum absolute atomic E-state index is 14.0. The van der Waals surface area contributed by atoms with Crippen molar-refractivity contribution in [3.8, 4) is 0 Å². The van der Waals surface area contributed by atoms with Gasteiger partial charge in [-0.3, -0.25) is 28.8 Å². The van der Waals surface area contributed by atoms with E-state index in [0.717, 1.165) is 19.4 Å². The van der Waals surface area contributed by atoms with Gasteiger partial charge in [0.05, 0.1) is 31.3 Å². The number of hydrogen-bond acceptors (Lipinski definition) is 11. The molecule has 1 saturated heterocycles. The molecule has 6 atom stereocenters. The minimum Gasteiger partial charge on any atom is -0.467 e. The van der Waals surface area contributed by atoms with Crippen LogP contribution in [0.15, 0.2) is 22.7 Å². The topological polar surface area (TPSA) is 207 Å². The minimum absolute atomic E-state index is 0.0307. The van der Waals surface area contributed by atoms with Crippen LogP contribution in [-0.2, 0) is 49.5 Å². The van der Waals surface area contributed by atoms with Crippen molar-refractivity contribution in [2.75, 3.05) is 13.7 Å². The van der Waals surface area contributed by atoms with Crippen LogP contribution in [0, 0.1) is 11.8 Å². The quantitative estimate of drug-likeness (QED) is 0.100. The number of hydrogen-bond donors (Lipinski definition) is 5. The molecule has 16 heteroatoms. The van der Waals surface area contributed by atoms with Crippen LogP contribution < -0.4 is 26.6 Å². The number of ether oxygens (including phenoxy) is 3. The van der Waals surface area contributed by atoms with Crippen molar-refractivity contribution in [2.24, 2.45) is 11.8 Å². The molecule has 0 aromatic heterocycles. The molecule has 1 aromatic rings. The Labute approximate surface area is 339 Å². The second kappa shape index (κ2) is 21.6. The van der Waals surface area contributed by atoms with Crippen LogP contribution in [0.3, 0.4) is 0 Å². The molecule has 0 aliphatic carbocycles. The van der Waals surface area contributed by atoms with Crippen molar-refractivity contribution < 1.29 is 47.8 Å². The summed E-state index contributed by atoms with van der Waals surface area (Å²) in [7, 11) is 1.17. The van der Waals surface area contributed by atoms with E-state index in [-0.39, 0.29) is 43.0 Å². The lowest BCUT2D eigenvalue weighted by molar-refractivity contribution is -0.157. The molecule has 0 saturated carbocycles. The second-order valence-electron chi connectivity index (χ2n) is 16.7. The van der Waals surface area contributed by atoms with Gasteiger partial charge in [-0.05, 0) is 105 Å². The summed E-state index contributed by atoms with van der Waals surface area (Å²) in [5, 5.41) is 13.9. The first kappa shape index (κ1) is 48.3. The molecule has 5 N–H and O–H groups in total. The van der Waals surface area contributed by atoms with Crippen molar-refractivity contribution in [3.05, 3.63) is 33.8 Å². The van der Waals surface area contributed by atoms with Crippen LogP contribution in [-0.4, -0.2) is 96.5 Å². The molecule has 1 aromatic carbocycles. The molecule has 56 heavy (non-hydrogen) atoms. The third-order valence-corrected chi connectivity index (χ3v) is 9.46. The highest BCUT2D eigenvalue weighted by atomic mass is 79.9. The van der Waals surface area contributed by atoms with Gasteiger partial charge < -0.3 is 40.8 Å². The van der Waals surface area contributed by atoms with Gasteiger partial charge >= 0.3 is 11.9 Å². The number of benzene rings is 1. The third-order valence-electron chi connectivity index (χ3n) is 8.68. The smallest absolute Gasteiger partial charge is 0.328 e. The van der Waals surface area contributed by atoms with Crippen molar-refractivity contribution in [1.29, 1.82) is 0 Å². The monoisotopic (exact) mass is 851 g/mol. The minimum atomic E-state index is -1.52. The maximum atomic E-state index is 14.0. The summed E-state index contributed by atoms with van der Waals surface area (Å²) in [4.78, 5) is 93.1. The first-order valence-electron chi connectivity index (χ1n) is 19.1. The van der Waals surface area contributed by atoms with E-state index < -0.39 is 77.4 Å². The Hall–Kier alpha value is -3.89. The number of ketones is 1. The predicted molar refractivity (Wildman–Crippen MR) is 213 cm³/mol. The van der Waals surface area contributed by atoms with E-state index in [9.17, 15) is 33.6 Å². The largest absolute Gasteiger partial charge is 0.467 e. The van der Waals surface area contributed by atoms with E-state index in [0.29, 0.717) is 15.6 Å². The molecular formula is C40H62BrN5O10. The summed E-state index contributed by atoms with van der Waals surface area (Å²) < 4.78 is 16.9. The van der Waals surface area contributed by atoms with Gasteiger partial charge in [0.25, 0.3) is 0 Å². The molecule has 1 aliphatic heterocycles. The number of Topliss-reactive ketones (excluding diaryl/α,β-unsaturated/α-hetero) is 1. The van der Waals surface area contributed by atoms with Crippen LogP contribution in [0.4, 0.5) is 0 Å². The first-order valence-corrected chi connectivity index (χ1v) is 19.9. The number of carbonyl (C=O) groups excluding carboxylic acids is 7. The van der Waals surface area contributed by atoms with E-state index in [1.807, 2.05) is 13.8 Å². The highest BCUT2D eigenvalue weighted by Gasteiger charge is 2.37. The van der Waals surface area contributed by atoms with E-state index in [4.69, 9.17) is 14.2 Å². The fourth-order valence-electron chi connectivity index (χ4n) is 6.15. The van der Waals surface area contributed by atoms with Crippen LogP contribution in [0.5, 0.6) is 0 Å². The fraction of sp³-hybridized carbons (Fsp3) is 0.675. The highest BCUT2D eigenvalue weighted by Crippen LogP contribution is 2.24. The van der Waals surface area contributed by atoms with Gasteiger partial charge in [0, 0.05) is 28.9 Å². The van der Waals surface area contributed by atoms with Crippen LogP contribution in [0.1, 0.15) is 117 Å². The molecule has 314 valence electrons. The summed E-state index contributed by atoms with van der Waals surface area (Å²) in [6.45, 7) is 18.0. The number of esters is 2. The Morgan fingerprint density at radius 2 is 1.54 bits per heavy atom. The Balaban J connectivity index is 2.38. The van der Waals surface area contributed by atoms with E-state index in [1.54, 1.807) is 66.7 Å². The molecule has 1 fully saturated rings. The van der Waals surface area contributed by atoms with Gasteiger partial charge in [-0.25, -0.2) is 4.79 Å². The zero-order chi connectivity index (χ0) is 42.5. The zero-order valence-corrected chi connectivity index (χ0v) is 36.3. The zero-order valence-electron chi connectivity index (χ0n) is 34.7. The number of halogens is 1. The number of methoxy groups -OCH3 is 1. The number of carbonyl (C=O) groups is 7. The van der Waals surface area contributed by atoms with Crippen LogP contribution in [0.25, 0.3) is 0 Å². The van der Waals surface area contributed by atoms with Crippen LogP contribution in [0.2, 0.25) is 0 Å². The van der Waals surface area contributed by atoms with E-state index >= 15 is 0 Å². The molecule has 1 heterocycles. The Bertz CT molecular complexity index is 1560. The fourth-order valence-corrected chi connectivity index (χ4v) is 6.54. The summed E-state index contributed by atoms with van der Waals surface area (Å²) in [6.07, 6.45) is 0.218. The SMILES string of the molecule is COC(=O)[C@H](C)NC(=O)[C@@H](NC(=O)[C@H](CC(=O)OC(C)(C)C)NC(=O)[C@@H](CC(=O)c1ccc(Br)c(CNC(=O)[C@@H]2CCCN2)c1)CC(C)C)[C@@H](C)OC(C)(C)C. The summed E-state index contributed by atoms with van der Waals surface area (Å²) in [6, 6.07) is 0.811. The lowest BCUT2D eigenvalue weighted by atomic mass is 9.89. The lowest BCUT2D eigenvalue weighted by Crippen LogP contribution is -2.60. The molecule has 2 rings (SSSR count). The highest BCUT2D eigenvalue weighted by molar-refractivity contribution is 9.10. The molecule has 4 amide bonds. The summed E-state index contributed by atoms with van der Waals surface area (Å²) >= 11 is 3.50. The van der Waals surface area contributed by atoms with E-state index in [2.05, 4.69) is 42.5 Å². The third kappa shape index (κ3) is 16.7. The van der Waals surface area contributed by atoms with Gasteiger partial charge in [-0.1, -0.05) is 35.8 Å². The number of rotatable bonds is 19. The Morgan fingerprint density at radius 3 is 2.09 bits per heavy atom. The van der Waals surface area contributed by atoms with Gasteiger partial charge in [-0.2, -0.15) is 0 Å². The molecule has 0 spiro atoms. The summed E-state index contributed by atoms with van der Waals surface area (Å²) in [5.41, 5.74) is -0.626. The van der Waals surface area contributed by atoms with E-state index in [1.165, 1.54) is 14.0 Å². The average molecular weight is 853 g/mol. The Kier molecular flexibility index (Phi) is 18.6. The maximum Gasteiger partial charge on any atom is 0.328 e.